The highest BCUT2D eigenvalue weighted by Gasteiger charge is 2.11. The molecule has 0 saturated carbocycles. The summed E-state index contributed by atoms with van der Waals surface area (Å²) >= 11 is 0. The highest BCUT2D eigenvalue weighted by molar-refractivity contribution is 7.87. The molecule has 0 aromatic carbocycles. The predicted molar refractivity (Wildman–Crippen MR) is 83.0 cm³/mol. The fourth-order valence-electron chi connectivity index (χ4n) is 1.61. The van der Waals surface area contributed by atoms with Crippen molar-refractivity contribution in [3.63, 3.8) is 0 Å². The van der Waals surface area contributed by atoms with Gasteiger partial charge in [-0.25, -0.2) is 19.4 Å². The quantitative estimate of drug-likeness (QED) is 0.682. The van der Waals surface area contributed by atoms with Crippen molar-refractivity contribution in [2.45, 2.75) is 6.92 Å². The Labute approximate surface area is 129 Å². The molecule has 0 unspecified atom stereocenters. The Kier molecular flexibility index (Phi) is 5.06. The number of hydrogen-bond acceptors (Lipinski definition) is 6. The summed E-state index contributed by atoms with van der Waals surface area (Å²) < 4.78 is 28.3. The number of anilines is 1. The molecule has 0 atom stereocenters. The molecule has 0 radical (unpaired) electrons. The molecule has 2 rings (SSSR count). The van der Waals surface area contributed by atoms with Gasteiger partial charge in [-0.1, -0.05) is 0 Å². The molecular weight excluding hydrogens is 306 g/mol. The first-order valence-electron chi connectivity index (χ1n) is 6.64. The highest BCUT2D eigenvalue weighted by Crippen LogP contribution is 2.08. The van der Waals surface area contributed by atoms with Crippen molar-refractivity contribution in [2.75, 3.05) is 32.5 Å². The van der Waals surface area contributed by atoms with Crippen molar-refractivity contribution in [3.05, 3.63) is 30.4 Å². The van der Waals surface area contributed by atoms with Gasteiger partial charge in [0.1, 0.15) is 12.1 Å². The minimum absolute atomic E-state index is 0.251. The van der Waals surface area contributed by atoms with Gasteiger partial charge >= 0.3 is 0 Å². The second kappa shape index (κ2) is 6.81. The van der Waals surface area contributed by atoms with Crippen LogP contribution in [-0.4, -0.2) is 59.7 Å². The molecule has 120 valence electrons. The number of aryl methyl sites for hydroxylation is 1. The lowest BCUT2D eigenvalue weighted by molar-refractivity contribution is 0.507. The maximum atomic E-state index is 11.5. The van der Waals surface area contributed by atoms with Crippen LogP contribution in [0, 0.1) is 6.92 Å². The number of rotatable bonds is 7. The van der Waals surface area contributed by atoms with E-state index in [0.717, 1.165) is 10.00 Å². The van der Waals surface area contributed by atoms with E-state index in [-0.39, 0.29) is 6.54 Å². The van der Waals surface area contributed by atoms with Crippen molar-refractivity contribution >= 4 is 16.0 Å². The molecule has 0 aliphatic heterocycles. The van der Waals surface area contributed by atoms with Crippen LogP contribution in [0.1, 0.15) is 5.69 Å². The van der Waals surface area contributed by atoms with E-state index in [1.807, 2.05) is 19.2 Å². The molecule has 0 aliphatic carbocycles. The van der Waals surface area contributed by atoms with Crippen LogP contribution in [0.25, 0.3) is 5.82 Å². The van der Waals surface area contributed by atoms with E-state index < -0.39 is 10.2 Å². The monoisotopic (exact) mass is 325 g/mol. The molecule has 22 heavy (non-hydrogen) atoms. The Balaban J connectivity index is 1.92. The standard InChI is InChI=1S/C12H19N7O2S/c1-10-4-7-19(17-10)12-8-11(14-9-15-12)13-5-6-16-22(20,21)18(2)3/h4,7-9,16H,5-6H2,1-3H3,(H,13,14,15). The van der Waals surface area contributed by atoms with E-state index in [0.29, 0.717) is 18.2 Å². The maximum Gasteiger partial charge on any atom is 0.278 e. The van der Waals surface area contributed by atoms with Crippen LogP contribution in [0.5, 0.6) is 0 Å². The van der Waals surface area contributed by atoms with E-state index in [9.17, 15) is 8.42 Å². The van der Waals surface area contributed by atoms with Crippen LogP contribution >= 0.6 is 0 Å². The average Bonchev–Trinajstić information content (AvgIpc) is 2.90. The summed E-state index contributed by atoms with van der Waals surface area (Å²) in [6.07, 6.45) is 3.24. The molecule has 10 heteroatoms. The normalized spacial score (nSPS) is 11.8. The van der Waals surface area contributed by atoms with Gasteiger partial charge < -0.3 is 5.32 Å². The van der Waals surface area contributed by atoms with Crippen molar-refractivity contribution < 1.29 is 8.42 Å². The molecule has 0 fully saturated rings. The molecule has 2 N–H and O–H groups in total. The largest absolute Gasteiger partial charge is 0.369 e. The van der Waals surface area contributed by atoms with Crippen LogP contribution in [0.2, 0.25) is 0 Å². The Bertz CT molecular complexity index is 727. The molecule has 0 spiro atoms. The van der Waals surface area contributed by atoms with Gasteiger partial charge in [-0.3, -0.25) is 0 Å². The lowest BCUT2D eigenvalue weighted by Crippen LogP contribution is -2.38. The van der Waals surface area contributed by atoms with Gasteiger partial charge in [0.25, 0.3) is 10.2 Å². The van der Waals surface area contributed by atoms with Crippen molar-refractivity contribution in [1.82, 2.24) is 28.8 Å². The van der Waals surface area contributed by atoms with Gasteiger partial charge in [0, 0.05) is 39.4 Å². The first-order valence-corrected chi connectivity index (χ1v) is 8.08. The van der Waals surface area contributed by atoms with Crippen LogP contribution in [0.4, 0.5) is 5.82 Å². The second-order valence-electron chi connectivity index (χ2n) is 4.77. The van der Waals surface area contributed by atoms with Gasteiger partial charge in [-0.2, -0.15) is 17.8 Å². The van der Waals surface area contributed by atoms with Crippen molar-refractivity contribution in [2.24, 2.45) is 0 Å². The van der Waals surface area contributed by atoms with E-state index in [2.05, 4.69) is 25.1 Å². The molecule has 0 aliphatic rings. The fourth-order valence-corrected chi connectivity index (χ4v) is 2.23. The Hall–Kier alpha value is -2.04. The maximum absolute atomic E-state index is 11.5. The molecule has 0 saturated heterocycles. The fraction of sp³-hybridized carbons (Fsp3) is 0.417. The molecule has 2 aromatic rings. The summed E-state index contributed by atoms with van der Waals surface area (Å²) in [7, 11) is -0.463. The second-order valence-corrected chi connectivity index (χ2v) is 6.74. The smallest absolute Gasteiger partial charge is 0.278 e. The highest BCUT2D eigenvalue weighted by atomic mass is 32.2. The van der Waals surface area contributed by atoms with E-state index >= 15 is 0 Å². The van der Waals surface area contributed by atoms with Gasteiger partial charge in [0.2, 0.25) is 0 Å². The number of nitrogens with zero attached hydrogens (tertiary/aromatic N) is 5. The van der Waals surface area contributed by atoms with E-state index in [1.54, 1.807) is 10.7 Å². The summed E-state index contributed by atoms with van der Waals surface area (Å²) in [5, 5.41) is 7.31. The predicted octanol–water partition coefficient (Wildman–Crippen LogP) is -0.221. The molecular formula is C12H19N7O2S. The Morgan fingerprint density at radius 1 is 1.27 bits per heavy atom. The van der Waals surface area contributed by atoms with Gasteiger partial charge in [-0.05, 0) is 13.0 Å². The Morgan fingerprint density at radius 2 is 2.05 bits per heavy atom. The van der Waals surface area contributed by atoms with Gasteiger partial charge in [-0.15, -0.1) is 0 Å². The number of hydrogen-bond donors (Lipinski definition) is 2. The topological polar surface area (TPSA) is 105 Å². The molecule has 9 nitrogen and oxygen atoms in total. The zero-order valence-electron chi connectivity index (χ0n) is 12.7. The van der Waals surface area contributed by atoms with Crippen LogP contribution in [-0.2, 0) is 10.2 Å². The summed E-state index contributed by atoms with van der Waals surface area (Å²) in [4.78, 5) is 8.23. The van der Waals surface area contributed by atoms with Gasteiger partial charge in [0.05, 0.1) is 5.69 Å². The Morgan fingerprint density at radius 3 is 2.68 bits per heavy atom. The summed E-state index contributed by atoms with van der Waals surface area (Å²) in [5.41, 5.74) is 0.895. The average molecular weight is 325 g/mol. The lowest BCUT2D eigenvalue weighted by atomic mass is 10.5. The van der Waals surface area contributed by atoms with E-state index in [4.69, 9.17) is 0 Å². The van der Waals surface area contributed by atoms with Crippen LogP contribution in [0.3, 0.4) is 0 Å². The summed E-state index contributed by atoms with van der Waals surface area (Å²) in [5.74, 6) is 1.24. The molecule has 2 heterocycles. The zero-order valence-corrected chi connectivity index (χ0v) is 13.5. The minimum atomic E-state index is -3.40. The lowest BCUT2D eigenvalue weighted by Gasteiger charge is -2.12. The first-order chi connectivity index (χ1) is 10.4. The molecule has 0 amide bonds. The van der Waals surface area contributed by atoms with E-state index in [1.165, 1.54) is 20.4 Å². The zero-order chi connectivity index (χ0) is 16.2. The van der Waals surface area contributed by atoms with Crippen molar-refractivity contribution in [1.29, 1.82) is 0 Å². The third-order valence-electron chi connectivity index (χ3n) is 2.81. The number of nitrogens with one attached hydrogen (secondary N) is 2. The minimum Gasteiger partial charge on any atom is -0.369 e. The third kappa shape index (κ3) is 4.23. The number of aromatic nitrogens is 4. The third-order valence-corrected chi connectivity index (χ3v) is 4.34. The van der Waals surface area contributed by atoms with Crippen LogP contribution < -0.4 is 10.0 Å². The molecule has 0 bridgehead atoms. The summed E-state index contributed by atoms with van der Waals surface area (Å²) in [6.45, 7) is 2.55. The SMILES string of the molecule is Cc1ccn(-c2cc(NCCNS(=O)(=O)N(C)C)ncn2)n1. The summed E-state index contributed by atoms with van der Waals surface area (Å²) in [6, 6.07) is 3.62. The molecule has 2 aromatic heterocycles. The first kappa shape index (κ1) is 16.3. The van der Waals surface area contributed by atoms with Crippen LogP contribution in [0.15, 0.2) is 24.7 Å². The van der Waals surface area contributed by atoms with Crippen molar-refractivity contribution in [3.8, 4) is 5.82 Å². The van der Waals surface area contributed by atoms with Gasteiger partial charge in [0.15, 0.2) is 5.82 Å².